The molecule has 7 heteroatoms. The molecule has 1 fully saturated rings. The van der Waals surface area contributed by atoms with Gasteiger partial charge in [-0.15, -0.1) is 5.10 Å². The Morgan fingerprint density at radius 1 is 1.24 bits per heavy atom. The van der Waals surface area contributed by atoms with Crippen molar-refractivity contribution in [1.29, 1.82) is 0 Å². The number of hydrogen-bond acceptors (Lipinski definition) is 4. The smallest absolute Gasteiger partial charge is 0.273 e. The molecule has 1 amide bonds. The molecule has 1 saturated heterocycles. The second kappa shape index (κ2) is 5.91. The van der Waals surface area contributed by atoms with Gasteiger partial charge in [0.05, 0.1) is 0 Å². The molecule has 25 heavy (non-hydrogen) atoms. The standard InChI is InChI=1S/C18H18FN5O/c1-18(11-12-3-5-13(19)6-4-12)9-2-10-24(18)17(25)15-8-7-14-16(20-15)22-23-21-14/h3-8H,2,9-11H2,1H3,(H,20,21,22,23)/t18-/m0/s1. The molecule has 0 saturated carbocycles. The second-order valence-corrected chi connectivity index (χ2v) is 6.72. The molecular formula is C18H18FN5O. The lowest BCUT2D eigenvalue weighted by Crippen LogP contribution is -2.46. The van der Waals surface area contributed by atoms with Crippen molar-refractivity contribution in [2.75, 3.05) is 6.54 Å². The highest BCUT2D eigenvalue weighted by Gasteiger charge is 2.40. The van der Waals surface area contributed by atoms with Crippen LogP contribution < -0.4 is 0 Å². The van der Waals surface area contributed by atoms with Crippen LogP contribution in [-0.4, -0.2) is 43.3 Å². The summed E-state index contributed by atoms with van der Waals surface area (Å²) in [6.45, 7) is 2.77. The van der Waals surface area contributed by atoms with Crippen LogP contribution in [0.25, 0.3) is 11.2 Å². The highest BCUT2D eigenvalue weighted by atomic mass is 19.1. The zero-order chi connectivity index (χ0) is 17.4. The maximum absolute atomic E-state index is 13.1. The molecule has 1 aliphatic heterocycles. The van der Waals surface area contributed by atoms with Crippen LogP contribution in [0.2, 0.25) is 0 Å². The molecule has 6 nitrogen and oxygen atoms in total. The molecule has 3 heterocycles. The van der Waals surface area contributed by atoms with Crippen LogP contribution in [0, 0.1) is 5.82 Å². The van der Waals surface area contributed by atoms with Gasteiger partial charge in [0.1, 0.15) is 17.0 Å². The van der Waals surface area contributed by atoms with Gasteiger partial charge in [-0.1, -0.05) is 12.1 Å². The Labute approximate surface area is 144 Å². The first kappa shape index (κ1) is 15.7. The number of aromatic amines is 1. The van der Waals surface area contributed by atoms with Crippen molar-refractivity contribution >= 4 is 17.1 Å². The van der Waals surface area contributed by atoms with Crippen molar-refractivity contribution in [3.63, 3.8) is 0 Å². The summed E-state index contributed by atoms with van der Waals surface area (Å²) in [5.41, 5.74) is 2.14. The van der Waals surface area contributed by atoms with E-state index in [1.165, 1.54) is 12.1 Å². The summed E-state index contributed by atoms with van der Waals surface area (Å²) in [4.78, 5) is 19.2. The molecule has 4 rings (SSSR count). The SMILES string of the molecule is C[C@@]1(Cc2ccc(F)cc2)CCCN1C(=O)c1ccc2n[nH]nc2n1. The molecule has 3 aromatic rings. The van der Waals surface area contributed by atoms with Crippen LogP contribution in [-0.2, 0) is 6.42 Å². The van der Waals surface area contributed by atoms with E-state index >= 15 is 0 Å². The van der Waals surface area contributed by atoms with Crippen LogP contribution in [0.5, 0.6) is 0 Å². The number of carbonyl (C=O) groups is 1. The molecular weight excluding hydrogens is 321 g/mol. The van der Waals surface area contributed by atoms with E-state index in [1.54, 1.807) is 24.3 Å². The van der Waals surface area contributed by atoms with E-state index in [-0.39, 0.29) is 17.3 Å². The van der Waals surface area contributed by atoms with Gasteiger partial charge in [0.25, 0.3) is 5.91 Å². The Bertz CT molecular complexity index is 923. The first-order valence-electron chi connectivity index (χ1n) is 8.29. The molecule has 0 unspecified atom stereocenters. The largest absolute Gasteiger partial charge is 0.332 e. The minimum Gasteiger partial charge on any atom is -0.332 e. The molecule has 0 bridgehead atoms. The third-order valence-corrected chi connectivity index (χ3v) is 4.89. The van der Waals surface area contributed by atoms with Crippen LogP contribution in [0.15, 0.2) is 36.4 Å². The van der Waals surface area contributed by atoms with Gasteiger partial charge in [0, 0.05) is 12.1 Å². The first-order chi connectivity index (χ1) is 12.0. The van der Waals surface area contributed by atoms with E-state index in [0.29, 0.717) is 29.8 Å². The minimum atomic E-state index is -0.310. The van der Waals surface area contributed by atoms with Crippen LogP contribution in [0.1, 0.15) is 35.8 Å². The molecule has 0 spiro atoms. The van der Waals surface area contributed by atoms with Gasteiger partial charge in [-0.2, -0.15) is 10.3 Å². The number of hydrogen-bond donors (Lipinski definition) is 1. The number of fused-ring (bicyclic) bond motifs is 1. The van der Waals surface area contributed by atoms with E-state index in [9.17, 15) is 9.18 Å². The number of amides is 1. The van der Waals surface area contributed by atoms with Crippen molar-refractivity contribution in [1.82, 2.24) is 25.3 Å². The topological polar surface area (TPSA) is 74.8 Å². The van der Waals surface area contributed by atoms with Gasteiger partial charge in [-0.3, -0.25) is 4.79 Å². The summed E-state index contributed by atoms with van der Waals surface area (Å²) in [6, 6.07) is 9.90. The Morgan fingerprint density at radius 3 is 2.84 bits per heavy atom. The van der Waals surface area contributed by atoms with Crippen molar-refractivity contribution < 1.29 is 9.18 Å². The average Bonchev–Trinajstić information content (AvgIpc) is 3.22. The maximum Gasteiger partial charge on any atom is 0.273 e. The van der Waals surface area contributed by atoms with Crippen molar-refractivity contribution in [3.8, 4) is 0 Å². The number of H-pyrrole nitrogens is 1. The molecule has 0 radical (unpaired) electrons. The number of rotatable bonds is 3. The summed E-state index contributed by atoms with van der Waals surface area (Å²) >= 11 is 0. The molecule has 128 valence electrons. The normalized spacial score (nSPS) is 20.3. The zero-order valence-corrected chi connectivity index (χ0v) is 13.9. The van der Waals surface area contributed by atoms with Crippen molar-refractivity contribution in [2.45, 2.75) is 31.7 Å². The lowest BCUT2D eigenvalue weighted by molar-refractivity contribution is 0.0618. The molecule has 1 aromatic carbocycles. The Balaban J connectivity index is 1.61. The van der Waals surface area contributed by atoms with Crippen LogP contribution >= 0.6 is 0 Å². The number of nitrogens with zero attached hydrogens (tertiary/aromatic N) is 4. The average molecular weight is 339 g/mol. The minimum absolute atomic E-state index is 0.105. The maximum atomic E-state index is 13.1. The number of nitrogens with one attached hydrogen (secondary N) is 1. The van der Waals surface area contributed by atoms with Gasteiger partial charge in [0.2, 0.25) is 5.65 Å². The molecule has 1 aliphatic rings. The summed E-state index contributed by atoms with van der Waals surface area (Å²) < 4.78 is 13.1. The number of aromatic nitrogens is 4. The number of benzene rings is 1. The fraction of sp³-hybridized carbons (Fsp3) is 0.333. The molecule has 0 aliphatic carbocycles. The molecule has 1 atom stereocenters. The van der Waals surface area contributed by atoms with Gasteiger partial charge in [-0.25, -0.2) is 9.37 Å². The van der Waals surface area contributed by atoms with E-state index in [0.717, 1.165) is 18.4 Å². The van der Waals surface area contributed by atoms with Gasteiger partial charge in [-0.05, 0) is 56.0 Å². The fourth-order valence-electron chi connectivity index (χ4n) is 3.59. The summed E-state index contributed by atoms with van der Waals surface area (Å²) in [5, 5.41) is 10.4. The highest BCUT2D eigenvalue weighted by molar-refractivity contribution is 5.94. The Hall–Kier alpha value is -2.83. The Kier molecular flexibility index (Phi) is 3.71. The van der Waals surface area contributed by atoms with Crippen molar-refractivity contribution in [2.24, 2.45) is 0 Å². The van der Waals surface area contributed by atoms with Crippen molar-refractivity contribution in [3.05, 3.63) is 53.5 Å². The first-order valence-corrected chi connectivity index (χ1v) is 8.29. The van der Waals surface area contributed by atoms with Crippen LogP contribution in [0.4, 0.5) is 4.39 Å². The lowest BCUT2D eigenvalue weighted by atomic mass is 9.90. The Morgan fingerprint density at radius 2 is 2.04 bits per heavy atom. The van der Waals surface area contributed by atoms with Crippen LogP contribution in [0.3, 0.4) is 0 Å². The number of likely N-dealkylation sites (tertiary alicyclic amines) is 1. The van der Waals surface area contributed by atoms with E-state index in [1.807, 2.05) is 4.90 Å². The van der Waals surface area contributed by atoms with Gasteiger partial charge in [0.15, 0.2) is 0 Å². The van der Waals surface area contributed by atoms with E-state index < -0.39 is 0 Å². The second-order valence-electron chi connectivity index (χ2n) is 6.72. The molecule has 1 N–H and O–H groups in total. The quantitative estimate of drug-likeness (QED) is 0.796. The van der Waals surface area contributed by atoms with E-state index in [4.69, 9.17) is 0 Å². The highest BCUT2D eigenvalue weighted by Crippen LogP contribution is 2.33. The third kappa shape index (κ3) is 2.86. The summed E-state index contributed by atoms with van der Waals surface area (Å²) in [6.07, 6.45) is 2.53. The summed E-state index contributed by atoms with van der Waals surface area (Å²) in [5.74, 6) is -0.356. The van der Waals surface area contributed by atoms with Gasteiger partial charge >= 0.3 is 0 Å². The predicted molar refractivity (Wildman–Crippen MR) is 90.5 cm³/mol. The third-order valence-electron chi connectivity index (χ3n) is 4.89. The fourth-order valence-corrected chi connectivity index (χ4v) is 3.59. The number of carbonyl (C=O) groups excluding carboxylic acids is 1. The predicted octanol–water partition coefficient (Wildman–Crippen LogP) is 2.73. The lowest BCUT2D eigenvalue weighted by Gasteiger charge is -2.35. The number of halogens is 1. The monoisotopic (exact) mass is 339 g/mol. The van der Waals surface area contributed by atoms with Gasteiger partial charge < -0.3 is 4.90 Å². The zero-order valence-electron chi connectivity index (χ0n) is 13.9. The number of pyridine rings is 1. The van der Waals surface area contributed by atoms with E-state index in [2.05, 4.69) is 27.3 Å². The summed E-state index contributed by atoms with van der Waals surface area (Å²) in [7, 11) is 0. The molecule has 2 aromatic heterocycles.